The standard InChI is InChI=1S/C14H12F4N4O2/c1-24-10-3-2-8(15)6-9(10)12(23)21-4-5-22-11(7-21)19-20-13(22)14(16,17)18/h2-3,6H,4-5,7H2,1H3. The lowest BCUT2D eigenvalue weighted by Crippen LogP contribution is -2.39. The first-order valence-corrected chi connectivity index (χ1v) is 6.93. The van der Waals surface area contributed by atoms with E-state index < -0.39 is 23.7 Å². The Morgan fingerprint density at radius 2 is 2.00 bits per heavy atom. The summed E-state index contributed by atoms with van der Waals surface area (Å²) in [5.41, 5.74) is 0.00140. The van der Waals surface area contributed by atoms with Crippen molar-refractivity contribution >= 4 is 5.91 Å². The van der Waals surface area contributed by atoms with E-state index in [2.05, 4.69) is 10.2 Å². The maximum absolute atomic E-state index is 13.4. The van der Waals surface area contributed by atoms with Gasteiger partial charge in [0.05, 0.1) is 19.2 Å². The van der Waals surface area contributed by atoms with E-state index >= 15 is 0 Å². The van der Waals surface area contributed by atoms with Crippen LogP contribution in [0.3, 0.4) is 0 Å². The molecule has 0 atom stereocenters. The zero-order valence-corrected chi connectivity index (χ0v) is 12.5. The number of halogens is 4. The first kappa shape index (κ1) is 16.2. The maximum atomic E-state index is 13.4. The van der Waals surface area contributed by atoms with Crippen molar-refractivity contribution in [2.75, 3.05) is 13.7 Å². The highest BCUT2D eigenvalue weighted by Gasteiger charge is 2.40. The molecule has 2 aromatic rings. The maximum Gasteiger partial charge on any atom is 0.451 e. The fraction of sp³-hybridized carbons (Fsp3) is 0.357. The molecule has 3 rings (SSSR count). The van der Waals surface area contributed by atoms with Gasteiger partial charge in [0.25, 0.3) is 5.91 Å². The van der Waals surface area contributed by atoms with E-state index in [0.29, 0.717) is 0 Å². The molecule has 0 aliphatic carbocycles. The number of aromatic nitrogens is 3. The van der Waals surface area contributed by atoms with E-state index in [4.69, 9.17) is 4.74 Å². The van der Waals surface area contributed by atoms with Crippen molar-refractivity contribution in [2.24, 2.45) is 0 Å². The van der Waals surface area contributed by atoms with E-state index in [1.807, 2.05) is 0 Å². The number of fused-ring (bicyclic) bond motifs is 1. The molecule has 0 bridgehead atoms. The van der Waals surface area contributed by atoms with Gasteiger partial charge in [0, 0.05) is 13.1 Å². The Kier molecular flexibility index (Phi) is 3.90. The molecular weight excluding hydrogens is 332 g/mol. The van der Waals surface area contributed by atoms with Gasteiger partial charge in [-0.1, -0.05) is 0 Å². The summed E-state index contributed by atoms with van der Waals surface area (Å²) in [5, 5.41) is 6.65. The van der Waals surface area contributed by atoms with Crippen molar-refractivity contribution in [3.8, 4) is 5.75 Å². The second-order valence-electron chi connectivity index (χ2n) is 5.16. The van der Waals surface area contributed by atoms with Crippen molar-refractivity contribution < 1.29 is 27.1 Å². The predicted molar refractivity (Wildman–Crippen MR) is 72.7 cm³/mol. The van der Waals surface area contributed by atoms with Crippen molar-refractivity contribution in [3.63, 3.8) is 0 Å². The molecule has 128 valence electrons. The van der Waals surface area contributed by atoms with Gasteiger partial charge in [-0.25, -0.2) is 4.39 Å². The zero-order valence-electron chi connectivity index (χ0n) is 12.5. The molecule has 10 heteroatoms. The minimum Gasteiger partial charge on any atom is -0.496 e. The summed E-state index contributed by atoms with van der Waals surface area (Å²) in [7, 11) is 1.34. The van der Waals surface area contributed by atoms with E-state index in [-0.39, 0.29) is 36.8 Å². The minimum absolute atomic E-state index is 0.00140. The Labute approximate surface area is 133 Å². The SMILES string of the molecule is COc1ccc(F)cc1C(=O)N1CCn2c(nnc2C(F)(F)F)C1. The summed E-state index contributed by atoms with van der Waals surface area (Å²) >= 11 is 0. The Balaban J connectivity index is 1.87. The van der Waals surface area contributed by atoms with Gasteiger partial charge in [0.2, 0.25) is 5.82 Å². The molecule has 1 aliphatic heterocycles. The molecule has 1 aromatic heterocycles. The van der Waals surface area contributed by atoms with E-state index in [9.17, 15) is 22.4 Å². The molecule has 0 fully saturated rings. The Bertz CT molecular complexity index is 788. The first-order chi connectivity index (χ1) is 11.3. The smallest absolute Gasteiger partial charge is 0.451 e. The normalized spacial score (nSPS) is 14.5. The predicted octanol–water partition coefficient (Wildman–Crippen LogP) is 2.10. The van der Waals surface area contributed by atoms with Gasteiger partial charge in [-0.2, -0.15) is 13.2 Å². The zero-order chi connectivity index (χ0) is 17.5. The van der Waals surface area contributed by atoms with Crippen LogP contribution in [0.1, 0.15) is 22.0 Å². The molecule has 2 heterocycles. The second kappa shape index (κ2) is 5.77. The third-order valence-electron chi connectivity index (χ3n) is 3.69. The number of nitrogens with zero attached hydrogens (tertiary/aromatic N) is 4. The van der Waals surface area contributed by atoms with Gasteiger partial charge >= 0.3 is 6.18 Å². The lowest BCUT2D eigenvalue weighted by molar-refractivity contribution is -0.147. The monoisotopic (exact) mass is 344 g/mol. The molecule has 0 unspecified atom stereocenters. The highest BCUT2D eigenvalue weighted by Crippen LogP contribution is 2.30. The summed E-state index contributed by atoms with van der Waals surface area (Å²) in [5.74, 6) is -2.04. The fourth-order valence-corrected chi connectivity index (χ4v) is 2.56. The molecule has 1 aromatic carbocycles. The van der Waals surface area contributed by atoms with Gasteiger partial charge in [-0.05, 0) is 18.2 Å². The highest BCUT2D eigenvalue weighted by atomic mass is 19.4. The van der Waals surface area contributed by atoms with E-state index in [1.165, 1.54) is 18.1 Å². The molecule has 6 nitrogen and oxygen atoms in total. The number of amides is 1. The summed E-state index contributed by atoms with van der Waals surface area (Å²) in [6.45, 7) is -0.227. The molecular formula is C14H12F4N4O2. The third kappa shape index (κ3) is 2.79. The summed E-state index contributed by atoms with van der Waals surface area (Å²) in [6, 6.07) is 3.50. The van der Waals surface area contributed by atoms with Crippen LogP contribution in [0.25, 0.3) is 0 Å². The molecule has 0 radical (unpaired) electrons. The summed E-state index contributed by atoms with van der Waals surface area (Å²) in [6.07, 6.45) is -4.61. The molecule has 0 saturated carbocycles. The van der Waals surface area contributed by atoms with Gasteiger partial charge in [0.1, 0.15) is 11.6 Å². The average Bonchev–Trinajstić information content (AvgIpc) is 2.97. The number of hydrogen-bond acceptors (Lipinski definition) is 4. The van der Waals surface area contributed by atoms with Crippen LogP contribution in [0, 0.1) is 5.82 Å². The van der Waals surface area contributed by atoms with Crippen LogP contribution in [-0.4, -0.2) is 39.2 Å². The van der Waals surface area contributed by atoms with Crippen molar-refractivity contribution in [3.05, 3.63) is 41.2 Å². The number of rotatable bonds is 2. The molecule has 0 spiro atoms. The minimum atomic E-state index is -4.61. The van der Waals surface area contributed by atoms with Crippen LogP contribution in [0.5, 0.6) is 5.75 Å². The lowest BCUT2D eigenvalue weighted by Gasteiger charge is -2.28. The fourth-order valence-electron chi connectivity index (χ4n) is 2.56. The lowest BCUT2D eigenvalue weighted by atomic mass is 10.1. The van der Waals surface area contributed by atoms with Crippen LogP contribution < -0.4 is 4.74 Å². The van der Waals surface area contributed by atoms with Crippen molar-refractivity contribution in [1.82, 2.24) is 19.7 Å². The van der Waals surface area contributed by atoms with Crippen LogP contribution in [0.15, 0.2) is 18.2 Å². The van der Waals surface area contributed by atoms with E-state index in [0.717, 1.165) is 16.7 Å². The van der Waals surface area contributed by atoms with Gasteiger partial charge < -0.3 is 14.2 Å². The van der Waals surface area contributed by atoms with Gasteiger partial charge in [-0.3, -0.25) is 4.79 Å². The number of ether oxygens (including phenoxy) is 1. The molecule has 0 N–H and O–H groups in total. The van der Waals surface area contributed by atoms with Crippen LogP contribution in [0.4, 0.5) is 17.6 Å². The number of methoxy groups -OCH3 is 1. The molecule has 1 amide bonds. The highest BCUT2D eigenvalue weighted by molar-refractivity contribution is 5.97. The second-order valence-corrected chi connectivity index (χ2v) is 5.16. The number of alkyl halides is 3. The summed E-state index contributed by atoms with van der Waals surface area (Å²) < 4.78 is 57.8. The number of carbonyl (C=O) groups excluding carboxylic acids is 1. The van der Waals surface area contributed by atoms with Crippen molar-refractivity contribution in [2.45, 2.75) is 19.3 Å². The summed E-state index contributed by atoms with van der Waals surface area (Å²) in [4.78, 5) is 13.8. The quantitative estimate of drug-likeness (QED) is 0.783. The average molecular weight is 344 g/mol. The Morgan fingerprint density at radius 1 is 1.25 bits per heavy atom. The van der Waals surface area contributed by atoms with Crippen molar-refractivity contribution in [1.29, 1.82) is 0 Å². The topological polar surface area (TPSA) is 60.2 Å². The van der Waals surface area contributed by atoms with E-state index in [1.54, 1.807) is 0 Å². The number of hydrogen-bond donors (Lipinski definition) is 0. The van der Waals surface area contributed by atoms with Gasteiger partial charge in [-0.15, -0.1) is 10.2 Å². The van der Waals surface area contributed by atoms with Crippen LogP contribution >= 0.6 is 0 Å². The molecule has 1 aliphatic rings. The van der Waals surface area contributed by atoms with Gasteiger partial charge in [0.15, 0.2) is 5.82 Å². The number of carbonyl (C=O) groups is 1. The first-order valence-electron chi connectivity index (χ1n) is 6.93. The third-order valence-corrected chi connectivity index (χ3v) is 3.69. The van der Waals surface area contributed by atoms with Crippen LogP contribution in [-0.2, 0) is 19.3 Å². The Hall–Kier alpha value is -2.65. The number of benzene rings is 1. The molecule has 24 heavy (non-hydrogen) atoms. The molecule has 0 saturated heterocycles. The van der Waals surface area contributed by atoms with Crippen LogP contribution in [0.2, 0.25) is 0 Å². The Morgan fingerprint density at radius 3 is 2.67 bits per heavy atom. The largest absolute Gasteiger partial charge is 0.496 e.